The zero-order valence-electron chi connectivity index (χ0n) is 9.55. The van der Waals surface area contributed by atoms with Crippen molar-refractivity contribution in [2.75, 3.05) is 6.61 Å². The van der Waals surface area contributed by atoms with Crippen LogP contribution in [0.4, 0.5) is 0 Å². The van der Waals surface area contributed by atoms with Crippen molar-refractivity contribution in [3.05, 3.63) is 35.9 Å². The molecule has 0 aliphatic heterocycles. The maximum Gasteiger partial charge on any atom is 0.376 e. The summed E-state index contributed by atoms with van der Waals surface area (Å²) in [4.78, 5) is 21.1. The Morgan fingerprint density at radius 1 is 1.29 bits per heavy atom. The van der Waals surface area contributed by atoms with Crippen molar-refractivity contribution < 1.29 is 19.4 Å². The predicted octanol–water partition coefficient (Wildman–Crippen LogP) is 2.14. The number of ether oxygens (including phenoxy) is 1. The van der Waals surface area contributed by atoms with Gasteiger partial charge in [0.1, 0.15) is 5.75 Å². The quantitative estimate of drug-likeness (QED) is 0.605. The molecule has 4 heteroatoms. The number of aliphatic carboxylic acids is 1. The topological polar surface area (TPSA) is 63.6 Å². The summed E-state index contributed by atoms with van der Waals surface area (Å²) in [6, 6.07) is 7.08. The van der Waals surface area contributed by atoms with Gasteiger partial charge in [0, 0.05) is 0 Å². The highest BCUT2D eigenvalue weighted by Gasteiger charge is 2.05. The fourth-order valence-corrected chi connectivity index (χ4v) is 1.14. The molecule has 0 fully saturated rings. The lowest BCUT2D eigenvalue weighted by atomic mass is 10.2. The molecule has 0 unspecified atom stereocenters. The first kappa shape index (κ1) is 13.0. The van der Waals surface area contributed by atoms with Gasteiger partial charge in [0.05, 0.1) is 6.61 Å². The van der Waals surface area contributed by atoms with Crippen molar-refractivity contribution in [3.63, 3.8) is 0 Å². The van der Waals surface area contributed by atoms with Gasteiger partial charge in [-0.3, -0.25) is 4.79 Å². The van der Waals surface area contributed by atoms with E-state index in [9.17, 15) is 9.59 Å². The summed E-state index contributed by atoms with van der Waals surface area (Å²) in [5, 5.41) is 8.38. The van der Waals surface area contributed by atoms with Crippen molar-refractivity contribution >= 4 is 17.8 Å². The normalized spacial score (nSPS) is 10.4. The van der Waals surface area contributed by atoms with E-state index in [2.05, 4.69) is 0 Å². The molecule has 90 valence electrons. The number of hydrogen-bond acceptors (Lipinski definition) is 3. The molecule has 0 aliphatic carbocycles. The SMILES string of the molecule is CCCOc1ccc(/C=C/C(=O)C(=O)O)cc1. The molecular formula is C13H14O4. The number of benzene rings is 1. The third kappa shape index (κ3) is 4.51. The van der Waals surface area contributed by atoms with Crippen molar-refractivity contribution in [2.45, 2.75) is 13.3 Å². The van der Waals surface area contributed by atoms with Crippen LogP contribution in [0.2, 0.25) is 0 Å². The van der Waals surface area contributed by atoms with Gasteiger partial charge in [0.2, 0.25) is 0 Å². The van der Waals surface area contributed by atoms with E-state index in [0.29, 0.717) is 6.61 Å². The van der Waals surface area contributed by atoms with Gasteiger partial charge in [-0.25, -0.2) is 4.79 Å². The molecule has 0 radical (unpaired) electrons. The van der Waals surface area contributed by atoms with Crippen LogP contribution in [0.25, 0.3) is 6.08 Å². The third-order valence-electron chi connectivity index (χ3n) is 1.99. The van der Waals surface area contributed by atoms with E-state index in [0.717, 1.165) is 23.8 Å². The molecule has 1 aromatic carbocycles. The Morgan fingerprint density at radius 2 is 1.94 bits per heavy atom. The summed E-state index contributed by atoms with van der Waals surface area (Å²) in [5.74, 6) is -1.63. The second-order valence-corrected chi connectivity index (χ2v) is 3.42. The molecular weight excluding hydrogens is 220 g/mol. The summed E-state index contributed by atoms with van der Waals surface area (Å²) in [5.41, 5.74) is 0.753. The Bertz CT molecular complexity index is 418. The first-order valence-electron chi connectivity index (χ1n) is 5.31. The maximum absolute atomic E-state index is 10.8. The minimum Gasteiger partial charge on any atom is -0.494 e. The summed E-state index contributed by atoms with van der Waals surface area (Å²) in [7, 11) is 0. The molecule has 0 aromatic heterocycles. The summed E-state index contributed by atoms with van der Waals surface area (Å²) in [6.45, 7) is 2.68. The van der Waals surface area contributed by atoms with Crippen LogP contribution < -0.4 is 4.74 Å². The zero-order valence-corrected chi connectivity index (χ0v) is 9.55. The first-order valence-corrected chi connectivity index (χ1v) is 5.31. The zero-order chi connectivity index (χ0) is 12.7. The van der Waals surface area contributed by atoms with E-state index in [4.69, 9.17) is 9.84 Å². The summed E-state index contributed by atoms with van der Waals surface area (Å²) >= 11 is 0. The van der Waals surface area contributed by atoms with Crippen molar-refractivity contribution in [1.82, 2.24) is 0 Å². The predicted molar refractivity (Wildman–Crippen MR) is 63.9 cm³/mol. The fraction of sp³-hybridized carbons (Fsp3) is 0.231. The highest BCUT2D eigenvalue weighted by Crippen LogP contribution is 2.13. The molecule has 0 atom stereocenters. The average Bonchev–Trinajstić information content (AvgIpc) is 2.34. The lowest BCUT2D eigenvalue weighted by molar-refractivity contribution is -0.146. The minimum absolute atomic E-state index is 0.659. The fourth-order valence-electron chi connectivity index (χ4n) is 1.14. The minimum atomic E-state index is -1.45. The molecule has 0 saturated heterocycles. The van der Waals surface area contributed by atoms with Crippen LogP contribution in [-0.4, -0.2) is 23.5 Å². The molecule has 1 aromatic rings. The van der Waals surface area contributed by atoms with Crippen LogP contribution in [0.15, 0.2) is 30.3 Å². The first-order chi connectivity index (χ1) is 8.13. The van der Waals surface area contributed by atoms with Gasteiger partial charge < -0.3 is 9.84 Å². The molecule has 0 saturated carbocycles. The van der Waals surface area contributed by atoms with Crippen LogP contribution in [0, 0.1) is 0 Å². The standard InChI is InChI=1S/C13H14O4/c1-2-9-17-11-6-3-10(4-7-11)5-8-12(14)13(15)16/h3-8H,2,9H2,1H3,(H,15,16)/b8-5+. The van der Waals surface area contributed by atoms with Gasteiger partial charge in [0.15, 0.2) is 0 Å². The number of rotatable bonds is 6. The van der Waals surface area contributed by atoms with Crippen molar-refractivity contribution in [2.24, 2.45) is 0 Å². The third-order valence-corrected chi connectivity index (χ3v) is 1.99. The lowest BCUT2D eigenvalue weighted by Crippen LogP contribution is -2.08. The number of carbonyl (C=O) groups excluding carboxylic acids is 1. The van der Waals surface area contributed by atoms with Gasteiger partial charge in [0.25, 0.3) is 5.78 Å². The Labute approximate surface area is 99.5 Å². The van der Waals surface area contributed by atoms with Crippen LogP contribution >= 0.6 is 0 Å². The summed E-state index contributed by atoms with van der Waals surface area (Å²) < 4.78 is 5.39. The van der Waals surface area contributed by atoms with Crippen molar-refractivity contribution in [3.8, 4) is 5.75 Å². The number of carbonyl (C=O) groups is 2. The summed E-state index contributed by atoms with van der Waals surface area (Å²) in [6.07, 6.45) is 3.43. The van der Waals surface area contributed by atoms with E-state index >= 15 is 0 Å². The number of carboxylic acids is 1. The Morgan fingerprint density at radius 3 is 2.47 bits per heavy atom. The number of carboxylic acid groups (broad SMARTS) is 1. The molecule has 1 rings (SSSR count). The van der Waals surface area contributed by atoms with Crippen LogP contribution in [-0.2, 0) is 9.59 Å². The second-order valence-electron chi connectivity index (χ2n) is 3.42. The maximum atomic E-state index is 10.8. The second kappa shape index (κ2) is 6.48. The average molecular weight is 234 g/mol. The molecule has 0 spiro atoms. The molecule has 0 aliphatic rings. The molecule has 4 nitrogen and oxygen atoms in total. The highest BCUT2D eigenvalue weighted by atomic mass is 16.5. The molecule has 1 N–H and O–H groups in total. The molecule has 0 bridgehead atoms. The Hall–Kier alpha value is -2.10. The van der Waals surface area contributed by atoms with E-state index in [1.165, 1.54) is 6.08 Å². The lowest BCUT2D eigenvalue weighted by Gasteiger charge is -2.03. The smallest absolute Gasteiger partial charge is 0.376 e. The van der Waals surface area contributed by atoms with Gasteiger partial charge >= 0.3 is 5.97 Å². The van der Waals surface area contributed by atoms with Crippen LogP contribution in [0.1, 0.15) is 18.9 Å². The van der Waals surface area contributed by atoms with E-state index in [-0.39, 0.29) is 0 Å². The highest BCUT2D eigenvalue weighted by molar-refractivity contribution is 6.38. The van der Waals surface area contributed by atoms with Gasteiger partial charge in [-0.05, 0) is 30.2 Å². The Kier molecular flexibility index (Phi) is 4.94. The number of hydrogen-bond donors (Lipinski definition) is 1. The van der Waals surface area contributed by atoms with Crippen LogP contribution in [0.5, 0.6) is 5.75 Å². The number of ketones is 1. The molecule has 17 heavy (non-hydrogen) atoms. The largest absolute Gasteiger partial charge is 0.494 e. The van der Waals surface area contributed by atoms with Gasteiger partial charge in [-0.15, -0.1) is 0 Å². The molecule has 0 heterocycles. The Balaban J connectivity index is 2.62. The van der Waals surface area contributed by atoms with Crippen LogP contribution in [0.3, 0.4) is 0 Å². The molecule has 0 amide bonds. The van der Waals surface area contributed by atoms with E-state index in [1.54, 1.807) is 24.3 Å². The van der Waals surface area contributed by atoms with Gasteiger partial charge in [-0.1, -0.05) is 25.1 Å². The van der Waals surface area contributed by atoms with E-state index in [1.807, 2.05) is 6.92 Å². The monoisotopic (exact) mass is 234 g/mol. The van der Waals surface area contributed by atoms with Gasteiger partial charge in [-0.2, -0.15) is 0 Å². The van der Waals surface area contributed by atoms with E-state index < -0.39 is 11.8 Å². The van der Waals surface area contributed by atoms with Crippen molar-refractivity contribution in [1.29, 1.82) is 0 Å².